The van der Waals surface area contributed by atoms with Gasteiger partial charge in [0.15, 0.2) is 0 Å². The normalized spacial score (nSPS) is 9.52. The van der Waals surface area contributed by atoms with E-state index in [0.717, 1.165) is 20.6 Å². The highest BCUT2D eigenvalue weighted by Gasteiger charge is 2.01. The molecule has 0 heterocycles. The molecule has 4 aromatic carbocycles. The fraction of sp³-hybridized carbons (Fsp3) is 0.111. The molecule has 29 heavy (non-hydrogen) atoms. The van der Waals surface area contributed by atoms with Gasteiger partial charge in [0.25, 0.3) is 0 Å². The zero-order valence-electron chi connectivity index (χ0n) is 17.0. The zero-order chi connectivity index (χ0) is 20.9. The SMILES string of the molecule is CO.CO.c1ccc(-c2ccc(Cc3ccc(-c4ccccc4)cc3)cc2)cc1. The number of benzene rings is 4. The summed E-state index contributed by atoms with van der Waals surface area (Å²) >= 11 is 0. The molecule has 0 aliphatic carbocycles. The van der Waals surface area contributed by atoms with E-state index in [1.165, 1.54) is 33.4 Å². The van der Waals surface area contributed by atoms with Gasteiger partial charge in [0.05, 0.1) is 0 Å². The maximum Gasteiger partial charge on any atom is 0.0319 e. The molecular weight excluding hydrogens is 356 g/mol. The monoisotopic (exact) mass is 384 g/mol. The molecule has 0 bridgehead atoms. The van der Waals surface area contributed by atoms with Gasteiger partial charge in [-0.15, -0.1) is 0 Å². The van der Waals surface area contributed by atoms with Crippen molar-refractivity contribution in [2.45, 2.75) is 6.42 Å². The fourth-order valence-electron chi connectivity index (χ4n) is 3.13. The molecule has 148 valence electrons. The third-order valence-corrected chi connectivity index (χ3v) is 4.53. The van der Waals surface area contributed by atoms with Gasteiger partial charge in [-0.05, 0) is 39.8 Å². The van der Waals surface area contributed by atoms with Crippen LogP contribution in [0.4, 0.5) is 0 Å². The largest absolute Gasteiger partial charge is 0.400 e. The van der Waals surface area contributed by atoms with Crippen molar-refractivity contribution in [1.82, 2.24) is 0 Å². The van der Waals surface area contributed by atoms with Crippen molar-refractivity contribution in [2.24, 2.45) is 0 Å². The lowest BCUT2D eigenvalue weighted by Gasteiger charge is -2.07. The van der Waals surface area contributed by atoms with E-state index in [9.17, 15) is 0 Å². The molecule has 4 aromatic rings. The number of hydrogen-bond acceptors (Lipinski definition) is 2. The minimum atomic E-state index is 0.962. The average molecular weight is 385 g/mol. The summed E-state index contributed by atoms with van der Waals surface area (Å²) in [6, 6.07) is 38.8. The molecule has 2 N–H and O–H groups in total. The highest BCUT2D eigenvalue weighted by atomic mass is 16.2. The second kappa shape index (κ2) is 12.3. The van der Waals surface area contributed by atoms with Crippen LogP contribution in [0.5, 0.6) is 0 Å². The van der Waals surface area contributed by atoms with Crippen LogP contribution in [0.2, 0.25) is 0 Å². The first kappa shape index (κ1) is 22.1. The first-order valence-corrected chi connectivity index (χ1v) is 9.57. The lowest BCUT2D eigenvalue weighted by atomic mass is 9.98. The summed E-state index contributed by atoms with van der Waals surface area (Å²) in [6.07, 6.45) is 0.962. The topological polar surface area (TPSA) is 40.5 Å². The van der Waals surface area contributed by atoms with Crippen LogP contribution in [-0.2, 0) is 6.42 Å². The smallest absolute Gasteiger partial charge is 0.0319 e. The summed E-state index contributed by atoms with van der Waals surface area (Å²) in [5.41, 5.74) is 7.74. The van der Waals surface area contributed by atoms with Crippen LogP contribution < -0.4 is 0 Å². The summed E-state index contributed by atoms with van der Waals surface area (Å²) in [4.78, 5) is 0. The maximum atomic E-state index is 7.00. The molecule has 0 radical (unpaired) electrons. The summed E-state index contributed by atoms with van der Waals surface area (Å²) in [7, 11) is 2.00. The van der Waals surface area contributed by atoms with E-state index in [-0.39, 0.29) is 0 Å². The van der Waals surface area contributed by atoms with Crippen molar-refractivity contribution in [3.8, 4) is 22.3 Å². The molecule has 0 unspecified atom stereocenters. The number of aliphatic hydroxyl groups excluding tert-OH is 2. The standard InChI is InChI=1S/C25H20.2CH4O/c1-3-7-22(8-4-1)24-15-11-20(12-16-24)19-21-13-17-25(18-14-21)23-9-5-2-6-10-23;2*1-2/h1-18H,19H2;2*2H,1H3. The summed E-state index contributed by atoms with van der Waals surface area (Å²) < 4.78 is 0. The molecule has 0 saturated heterocycles. The van der Waals surface area contributed by atoms with Gasteiger partial charge in [0, 0.05) is 14.2 Å². The van der Waals surface area contributed by atoms with E-state index < -0.39 is 0 Å². The Morgan fingerprint density at radius 3 is 0.966 bits per heavy atom. The quantitative estimate of drug-likeness (QED) is 0.465. The van der Waals surface area contributed by atoms with E-state index in [2.05, 4.69) is 109 Å². The van der Waals surface area contributed by atoms with E-state index >= 15 is 0 Å². The van der Waals surface area contributed by atoms with Crippen LogP contribution in [0.15, 0.2) is 109 Å². The lowest BCUT2D eigenvalue weighted by molar-refractivity contribution is 0.399. The van der Waals surface area contributed by atoms with Gasteiger partial charge in [-0.1, -0.05) is 109 Å². The van der Waals surface area contributed by atoms with Gasteiger partial charge in [0.1, 0.15) is 0 Å². The number of hydrogen-bond donors (Lipinski definition) is 2. The van der Waals surface area contributed by atoms with Crippen molar-refractivity contribution >= 4 is 0 Å². The summed E-state index contributed by atoms with van der Waals surface area (Å²) in [5.74, 6) is 0. The van der Waals surface area contributed by atoms with Crippen molar-refractivity contribution in [3.63, 3.8) is 0 Å². The molecule has 0 spiro atoms. The van der Waals surface area contributed by atoms with Gasteiger partial charge in [-0.2, -0.15) is 0 Å². The van der Waals surface area contributed by atoms with Crippen molar-refractivity contribution < 1.29 is 10.2 Å². The molecule has 0 saturated carbocycles. The molecule has 0 aliphatic heterocycles. The Bertz CT molecular complexity index is 848. The Balaban J connectivity index is 0.000000707. The van der Waals surface area contributed by atoms with E-state index in [1.54, 1.807) is 0 Å². The third-order valence-electron chi connectivity index (χ3n) is 4.53. The number of aliphatic hydroxyl groups is 2. The molecule has 2 nitrogen and oxygen atoms in total. The summed E-state index contributed by atoms with van der Waals surface area (Å²) in [5, 5.41) is 14.0. The third kappa shape index (κ3) is 6.42. The second-order valence-electron chi connectivity index (χ2n) is 6.30. The molecule has 0 fully saturated rings. The first-order chi connectivity index (χ1) is 14.4. The van der Waals surface area contributed by atoms with Gasteiger partial charge < -0.3 is 10.2 Å². The van der Waals surface area contributed by atoms with Crippen LogP contribution in [0.1, 0.15) is 11.1 Å². The molecular formula is C27H28O2. The minimum absolute atomic E-state index is 0.962. The molecule has 0 aromatic heterocycles. The Morgan fingerprint density at radius 2 is 0.655 bits per heavy atom. The predicted octanol–water partition coefficient (Wildman–Crippen LogP) is 5.83. The van der Waals surface area contributed by atoms with Gasteiger partial charge in [-0.25, -0.2) is 0 Å². The molecule has 0 amide bonds. The van der Waals surface area contributed by atoms with E-state index in [4.69, 9.17) is 10.2 Å². The molecule has 4 rings (SSSR count). The molecule has 2 heteroatoms. The van der Waals surface area contributed by atoms with Crippen LogP contribution in [0, 0.1) is 0 Å². The van der Waals surface area contributed by atoms with Gasteiger partial charge in [0.2, 0.25) is 0 Å². The Kier molecular flexibility index (Phi) is 9.37. The second-order valence-corrected chi connectivity index (χ2v) is 6.30. The van der Waals surface area contributed by atoms with Crippen molar-refractivity contribution in [3.05, 3.63) is 120 Å². The van der Waals surface area contributed by atoms with Crippen molar-refractivity contribution in [1.29, 1.82) is 0 Å². The fourth-order valence-corrected chi connectivity index (χ4v) is 3.13. The van der Waals surface area contributed by atoms with Crippen LogP contribution in [-0.4, -0.2) is 24.4 Å². The maximum absolute atomic E-state index is 7.00. The number of rotatable bonds is 4. The van der Waals surface area contributed by atoms with Crippen LogP contribution in [0.3, 0.4) is 0 Å². The Morgan fingerprint density at radius 1 is 0.379 bits per heavy atom. The first-order valence-electron chi connectivity index (χ1n) is 9.57. The van der Waals surface area contributed by atoms with Crippen LogP contribution >= 0.6 is 0 Å². The highest BCUT2D eigenvalue weighted by molar-refractivity contribution is 5.64. The van der Waals surface area contributed by atoms with Crippen LogP contribution in [0.25, 0.3) is 22.3 Å². The molecule has 0 aliphatic rings. The summed E-state index contributed by atoms with van der Waals surface area (Å²) in [6.45, 7) is 0. The zero-order valence-corrected chi connectivity index (χ0v) is 17.0. The average Bonchev–Trinajstić information content (AvgIpc) is 2.84. The van der Waals surface area contributed by atoms with Gasteiger partial charge >= 0.3 is 0 Å². The lowest BCUT2D eigenvalue weighted by Crippen LogP contribution is -1.88. The van der Waals surface area contributed by atoms with Gasteiger partial charge in [-0.3, -0.25) is 0 Å². The van der Waals surface area contributed by atoms with E-state index in [1.807, 2.05) is 0 Å². The molecule has 0 atom stereocenters. The Labute approximate surface area is 173 Å². The highest BCUT2D eigenvalue weighted by Crippen LogP contribution is 2.22. The predicted molar refractivity (Wildman–Crippen MR) is 123 cm³/mol. The van der Waals surface area contributed by atoms with E-state index in [0.29, 0.717) is 0 Å². The van der Waals surface area contributed by atoms with Crippen molar-refractivity contribution in [2.75, 3.05) is 14.2 Å². The minimum Gasteiger partial charge on any atom is -0.400 e. The Hall–Kier alpha value is -3.20.